The Hall–Kier alpha value is -6.09. The minimum Gasteiger partial charge on any atom is -0.217 e. The van der Waals surface area contributed by atoms with E-state index in [1.54, 1.807) is 0 Å². The van der Waals surface area contributed by atoms with Crippen molar-refractivity contribution in [3.05, 3.63) is 126 Å². The average molecular weight is 712 g/mol. The molecule has 0 bridgehead atoms. The Morgan fingerprint density at radius 2 is 0.593 bits per heavy atom. The fourth-order valence-corrected chi connectivity index (χ4v) is 6.01. The molecule has 3 aromatic heterocycles. The standard InChI is InChI=1S/C45H45N9/c1-26(2)37-46-38(27(3)4)49-42(48-37)32-23-33(43-50-39(28(5)6)47-41(53-43)31-19-13-10-14-20-31)25-34(24-32)44-51-40(29(7)8)52-45(54-44)36-22-16-15-21-35(36)30-17-11-9-12-18-30/h9-29H,1-8H3. The van der Waals surface area contributed by atoms with Gasteiger partial charge in [-0.2, -0.15) is 0 Å². The van der Waals surface area contributed by atoms with E-state index in [0.29, 0.717) is 40.8 Å². The summed E-state index contributed by atoms with van der Waals surface area (Å²) in [4.78, 5) is 45.0. The van der Waals surface area contributed by atoms with Crippen LogP contribution < -0.4 is 0 Å². The zero-order valence-electron chi connectivity index (χ0n) is 32.1. The molecule has 0 saturated heterocycles. The molecule has 0 fully saturated rings. The van der Waals surface area contributed by atoms with Gasteiger partial charge in [0.2, 0.25) is 0 Å². The van der Waals surface area contributed by atoms with E-state index in [0.717, 1.165) is 50.6 Å². The zero-order valence-corrected chi connectivity index (χ0v) is 32.1. The molecule has 0 saturated carbocycles. The summed E-state index contributed by atoms with van der Waals surface area (Å²) < 4.78 is 0. The fraction of sp³-hybridized carbons (Fsp3) is 0.267. The molecule has 7 aromatic rings. The predicted molar refractivity (Wildman–Crippen MR) is 216 cm³/mol. The average Bonchev–Trinajstić information content (AvgIpc) is 3.20. The lowest BCUT2D eigenvalue weighted by molar-refractivity contribution is 0.697. The number of nitrogens with zero attached hydrogens (tertiary/aromatic N) is 9. The summed E-state index contributed by atoms with van der Waals surface area (Å²) in [6.45, 7) is 16.8. The van der Waals surface area contributed by atoms with Gasteiger partial charge in [0.1, 0.15) is 23.3 Å². The Bertz CT molecular complexity index is 2380. The highest BCUT2D eigenvalue weighted by atomic mass is 15.1. The summed E-state index contributed by atoms with van der Waals surface area (Å²) in [7, 11) is 0. The van der Waals surface area contributed by atoms with Crippen molar-refractivity contribution < 1.29 is 0 Å². The van der Waals surface area contributed by atoms with Gasteiger partial charge < -0.3 is 0 Å². The maximum atomic E-state index is 5.19. The third kappa shape index (κ3) is 7.81. The molecule has 0 aliphatic carbocycles. The molecule has 4 aromatic carbocycles. The molecule has 0 N–H and O–H groups in total. The maximum absolute atomic E-state index is 5.19. The first-order valence-corrected chi connectivity index (χ1v) is 18.7. The normalized spacial score (nSPS) is 11.6. The molecule has 0 aliphatic heterocycles. The van der Waals surface area contributed by atoms with Gasteiger partial charge in [-0.25, -0.2) is 44.9 Å². The van der Waals surface area contributed by atoms with E-state index in [9.17, 15) is 0 Å². The molecule has 270 valence electrons. The summed E-state index contributed by atoms with van der Waals surface area (Å²) in [6.07, 6.45) is 0. The lowest BCUT2D eigenvalue weighted by Crippen LogP contribution is -2.09. The highest BCUT2D eigenvalue weighted by Gasteiger charge is 2.21. The van der Waals surface area contributed by atoms with E-state index in [2.05, 4.69) is 97.9 Å². The molecule has 0 atom stereocenters. The first-order valence-electron chi connectivity index (χ1n) is 18.7. The van der Waals surface area contributed by atoms with Crippen molar-refractivity contribution in [1.82, 2.24) is 44.9 Å². The molecule has 9 heteroatoms. The van der Waals surface area contributed by atoms with Gasteiger partial charge >= 0.3 is 0 Å². The van der Waals surface area contributed by atoms with E-state index in [1.807, 2.05) is 60.7 Å². The Kier molecular flexibility index (Phi) is 10.4. The van der Waals surface area contributed by atoms with Crippen molar-refractivity contribution in [2.75, 3.05) is 0 Å². The molecule has 0 spiro atoms. The summed E-state index contributed by atoms with van der Waals surface area (Å²) in [5.74, 6) is 6.12. The van der Waals surface area contributed by atoms with Gasteiger partial charge in [-0.15, -0.1) is 0 Å². The second-order valence-electron chi connectivity index (χ2n) is 14.8. The molecule has 0 unspecified atom stereocenters. The van der Waals surface area contributed by atoms with Crippen molar-refractivity contribution in [3.63, 3.8) is 0 Å². The molecule has 3 heterocycles. The van der Waals surface area contributed by atoms with Gasteiger partial charge in [0.15, 0.2) is 29.1 Å². The van der Waals surface area contributed by atoms with E-state index < -0.39 is 0 Å². The highest BCUT2D eigenvalue weighted by Crippen LogP contribution is 2.35. The van der Waals surface area contributed by atoms with Gasteiger partial charge in [0, 0.05) is 51.5 Å². The second-order valence-corrected chi connectivity index (χ2v) is 14.8. The van der Waals surface area contributed by atoms with Gasteiger partial charge in [-0.05, 0) is 29.3 Å². The summed E-state index contributed by atoms with van der Waals surface area (Å²) in [5.41, 5.74) is 6.33. The second kappa shape index (κ2) is 15.5. The molecule has 0 amide bonds. The van der Waals surface area contributed by atoms with E-state index in [4.69, 9.17) is 44.9 Å². The zero-order chi connectivity index (χ0) is 37.9. The summed E-state index contributed by atoms with van der Waals surface area (Å²) in [6, 6.07) is 34.7. The van der Waals surface area contributed by atoms with Crippen LogP contribution in [0.1, 0.15) is 102 Å². The molecule has 9 nitrogen and oxygen atoms in total. The van der Waals surface area contributed by atoms with Crippen LogP contribution in [0.2, 0.25) is 0 Å². The minimum absolute atomic E-state index is 0.0494. The van der Waals surface area contributed by atoms with Crippen LogP contribution in [-0.4, -0.2) is 44.9 Å². The van der Waals surface area contributed by atoms with Gasteiger partial charge in [0.25, 0.3) is 0 Å². The largest absolute Gasteiger partial charge is 0.217 e. The maximum Gasteiger partial charge on any atom is 0.164 e. The van der Waals surface area contributed by atoms with Crippen molar-refractivity contribution in [3.8, 4) is 68.1 Å². The first kappa shape index (κ1) is 36.3. The quantitative estimate of drug-likeness (QED) is 0.137. The Morgan fingerprint density at radius 3 is 1.04 bits per heavy atom. The minimum atomic E-state index is 0.0494. The van der Waals surface area contributed by atoms with E-state index >= 15 is 0 Å². The Morgan fingerprint density at radius 1 is 0.278 bits per heavy atom. The van der Waals surface area contributed by atoms with Crippen molar-refractivity contribution >= 4 is 0 Å². The molecular formula is C45H45N9. The monoisotopic (exact) mass is 711 g/mol. The smallest absolute Gasteiger partial charge is 0.164 e. The Labute approximate surface area is 317 Å². The third-order valence-corrected chi connectivity index (χ3v) is 9.03. The number of hydrogen-bond donors (Lipinski definition) is 0. The number of hydrogen-bond acceptors (Lipinski definition) is 9. The number of rotatable bonds is 10. The van der Waals surface area contributed by atoms with Crippen LogP contribution in [0.3, 0.4) is 0 Å². The lowest BCUT2D eigenvalue weighted by atomic mass is 9.99. The third-order valence-electron chi connectivity index (χ3n) is 9.03. The van der Waals surface area contributed by atoms with Crippen molar-refractivity contribution in [2.45, 2.75) is 79.1 Å². The van der Waals surface area contributed by atoms with Gasteiger partial charge in [-0.3, -0.25) is 0 Å². The van der Waals surface area contributed by atoms with E-state index in [-0.39, 0.29) is 23.7 Å². The molecule has 7 rings (SSSR count). The molecule has 0 aliphatic rings. The fourth-order valence-electron chi connectivity index (χ4n) is 6.01. The molecule has 54 heavy (non-hydrogen) atoms. The summed E-state index contributed by atoms with van der Waals surface area (Å²) in [5, 5.41) is 0. The summed E-state index contributed by atoms with van der Waals surface area (Å²) >= 11 is 0. The van der Waals surface area contributed by atoms with Crippen LogP contribution in [0.25, 0.3) is 68.1 Å². The van der Waals surface area contributed by atoms with Crippen LogP contribution in [0.4, 0.5) is 0 Å². The highest BCUT2D eigenvalue weighted by molar-refractivity contribution is 5.82. The molecule has 0 radical (unpaired) electrons. The van der Waals surface area contributed by atoms with Crippen LogP contribution in [-0.2, 0) is 0 Å². The predicted octanol–water partition coefficient (Wildman–Crippen LogP) is 10.7. The van der Waals surface area contributed by atoms with Crippen molar-refractivity contribution in [1.29, 1.82) is 0 Å². The van der Waals surface area contributed by atoms with E-state index in [1.165, 1.54) is 0 Å². The topological polar surface area (TPSA) is 116 Å². The van der Waals surface area contributed by atoms with Crippen LogP contribution in [0, 0.1) is 0 Å². The van der Waals surface area contributed by atoms with Crippen LogP contribution >= 0.6 is 0 Å². The SMILES string of the molecule is CC(C)c1nc(-c2ccccc2)nc(-c2cc(-c3nc(-c4ccccc4-c4ccccc4)nc(C(C)C)n3)cc(-c3nc(C(C)C)nc(C(C)C)n3)c2)n1. The first-order chi connectivity index (χ1) is 26.0. The Balaban J connectivity index is 1.49. The van der Waals surface area contributed by atoms with Gasteiger partial charge in [0.05, 0.1) is 0 Å². The van der Waals surface area contributed by atoms with Gasteiger partial charge in [-0.1, -0.05) is 140 Å². The lowest BCUT2D eigenvalue weighted by Gasteiger charge is -2.15. The number of benzene rings is 4. The van der Waals surface area contributed by atoms with Crippen LogP contribution in [0.5, 0.6) is 0 Å². The number of aromatic nitrogens is 9. The van der Waals surface area contributed by atoms with Crippen molar-refractivity contribution in [2.24, 2.45) is 0 Å². The van der Waals surface area contributed by atoms with Crippen LogP contribution in [0.15, 0.2) is 103 Å². The molecular weight excluding hydrogens is 667 g/mol.